The number of oxazole rings is 1. The van der Waals surface area contributed by atoms with E-state index in [2.05, 4.69) is 32.9 Å². The first kappa shape index (κ1) is 19.0. The Kier molecular flexibility index (Phi) is 4.15. The SMILES string of the molecule is COc1cc2c(cc1C(=O)N(C)C)CC[C@H]1C(C)(C)c3oc(C)nc3C[C@]21C. The molecule has 2 aliphatic rings. The van der Waals surface area contributed by atoms with Gasteiger partial charge in [0.1, 0.15) is 11.5 Å². The minimum Gasteiger partial charge on any atom is -0.496 e. The van der Waals surface area contributed by atoms with Crippen molar-refractivity contribution >= 4 is 5.91 Å². The molecular formula is C23H30N2O3. The van der Waals surface area contributed by atoms with E-state index < -0.39 is 0 Å². The van der Waals surface area contributed by atoms with Crippen LogP contribution < -0.4 is 4.74 Å². The number of nitrogens with zero attached hydrogens (tertiary/aromatic N) is 2. The normalized spacial score (nSPS) is 24.8. The van der Waals surface area contributed by atoms with Crippen molar-refractivity contribution in [1.29, 1.82) is 0 Å². The zero-order valence-corrected chi connectivity index (χ0v) is 18.0. The molecule has 1 heterocycles. The van der Waals surface area contributed by atoms with Gasteiger partial charge < -0.3 is 14.1 Å². The maximum absolute atomic E-state index is 12.7. The largest absolute Gasteiger partial charge is 0.496 e. The van der Waals surface area contributed by atoms with E-state index in [4.69, 9.17) is 14.1 Å². The second kappa shape index (κ2) is 6.10. The highest BCUT2D eigenvalue weighted by Gasteiger charge is 2.54. The van der Waals surface area contributed by atoms with Crippen molar-refractivity contribution in [3.05, 3.63) is 46.2 Å². The third-order valence-corrected chi connectivity index (χ3v) is 6.94. The van der Waals surface area contributed by atoms with Crippen molar-refractivity contribution in [2.45, 2.75) is 57.8 Å². The third-order valence-electron chi connectivity index (χ3n) is 6.94. The van der Waals surface area contributed by atoms with Gasteiger partial charge in [0.15, 0.2) is 5.89 Å². The molecular weight excluding hydrogens is 352 g/mol. The van der Waals surface area contributed by atoms with Gasteiger partial charge in [-0.1, -0.05) is 20.8 Å². The topological polar surface area (TPSA) is 55.6 Å². The highest BCUT2D eigenvalue weighted by Crippen LogP contribution is 2.56. The van der Waals surface area contributed by atoms with Gasteiger partial charge >= 0.3 is 0 Å². The average molecular weight is 383 g/mol. The Morgan fingerprint density at radius 2 is 2.00 bits per heavy atom. The first-order valence-corrected chi connectivity index (χ1v) is 9.99. The van der Waals surface area contributed by atoms with Gasteiger partial charge in [-0.15, -0.1) is 0 Å². The summed E-state index contributed by atoms with van der Waals surface area (Å²) < 4.78 is 11.7. The molecule has 4 rings (SSSR count). The predicted octanol–water partition coefficient (Wildman–Crippen LogP) is 4.05. The van der Waals surface area contributed by atoms with Crippen molar-refractivity contribution in [3.8, 4) is 5.75 Å². The van der Waals surface area contributed by atoms with Crippen LogP contribution in [0.1, 0.15) is 66.0 Å². The van der Waals surface area contributed by atoms with Gasteiger partial charge in [-0.2, -0.15) is 0 Å². The van der Waals surface area contributed by atoms with Gasteiger partial charge in [-0.05, 0) is 42.0 Å². The van der Waals surface area contributed by atoms with Gasteiger partial charge in [-0.3, -0.25) is 4.79 Å². The van der Waals surface area contributed by atoms with E-state index in [9.17, 15) is 4.79 Å². The lowest BCUT2D eigenvalue weighted by Gasteiger charge is -2.52. The Labute approximate surface area is 167 Å². The molecule has 5 nitrogen and oxygen atoms in total. The molecule has 2 aromatic rings. The van der Waals surface area contributed by atoms with Crippen LogP contribution in [0.3, 0.4) is 0 Å². The van der Waals surface area contributed by atoms with E-state index in [-0.39, 0.29) is 16.7 Å². The van der Waals surface area contributed by atoms with Crippen LogP contribution in [-0.4, -0.2) is 37.0 Å². The van der Waals surface area contributed by atoms with Crippen LogP contribution in [-0.2, 0) is 23.7 Å². The third kappa shape index (κ3) is 2.51. The van der Waals surface area contributed by atoms with Crippen LogP contribution in [0, 0.1) is 12.8 Å². The maximum atomic E-state index is 12.7. The van der Waals surface area contributed by atoms with Crippen LogP contribution in [0.5, 0.6) is 5.75 Å². The number of hydrogen-bond acceptors (Lipinski definition) is 4. The summed E-state index contributed by atoms with van der Waals surface area (Å²) in [6, 6.07) is 4.15. The summed E-state index contributed by atoms with van der Waals surface area (Å²) >= 11 is 0. The lowest BCUT2D eigenvalue weighted by atomic mass is 9.51. The fourth-order valence-corrected chi connectivity index (χ4v) is 5.72. The quantitative estimate of drug-likeness (QED) is 0.786. The van der Waals surface area contributed by atoms with E-state index in [1.165, 1.54) is 11.1 Å². The molecule has 1 aromatic carbocycles. The second-order valence-corrected chi connectivity index (χ2v) is 9.33. The van der Waals surface area contributed by atoms with Gasteiger partial charge in [0.2, 0.25) is 0 Å². The minimum absolute atomic E-state index is 0.0229. The summed E-state index contributed by atoms with van der Waals surface area (Å²) in [5.41, 5.74) is 4.09. The standard InChI is InChI=1S/C23H30N2O3/c1-13-24-17-12-23(4)16-11-18(27-7)15(21(26)25(5)6)10-14(16)8-9-19(23)22(2,3)20(17)28-13/h10-11,19H,8-9,12H2,1-7H3/t19-,23+/m0/s1. The predicted molar refractivity (Wildman–Crippen MR) is 108 cm³/mol. The number of hydrogen-bond donors (Lipinski definition) is 0. The number of benzene rings is 1. The number of methoxy groups -OCH3 is 1. The van der Waals surface area contributed by atoms with E-state index in [0.29, 0.717) is 17.2 Å². The van der Waals surface area contributed by atoms with E-state index >= 15 is 0 Å². The summed E-state index contributed by atoms with van der Waals surface area (Å²) in [5, 5.41) is 0. The highest BCUT2D eigenvalue weighted by atomic mass is 16.5. The summed E-state index contributed by atoms with van der Waals surface area (Å²) in [5.74, 6) is 2.85. The van der Waals surface area contributed by atoms with Gasteiger partial charge in [0, 0.05) is 38.3 Å². The molecule has 0 unspecified atom stereocenters. The monoisotopic (exact) mass is 382 g/mol. The molecule has 0 bridgehead atoms. The Bertz CT molecular complexity index is 957. The number of carbonyl (C=O) groups is 1. The van der Waals surface area contributed by atoms with Crippen molar-refractivity contribution in [2.75, 3.05) is 21.2 Å². The van der Waals surface area contributed by atoms with Crippen LogP contribution in [0.15, 0.2) is 16.5 Å². The molecule has 0 saturated carbocycles. The van der Waals surface area contributed by atoms with Crippen LogP contribution in [0.25, 0.3) is 0 Å². The number of ether oxygens (including phenoxy) is 1. The zero-order valence-electron chi connectivity index (χ0n) is 18.0. The molecule has 2 atom stereocenters. The molecule has 0 radical (unpaired) electrons. The Morgan fingerprint density at radius 1 is 1.29 bits per heavy atom. The van der Waals surface area contributed by atoms with E-state index in [1.54, 1.807) is 26.1 Å². The molecule has 5 heteroatoms. The fourth-order valence-electron chi connectivity index (χ4n) is 5.72. The summed E-state index contributed by atoms with van der Waals surface area (Å²) in [6.07, 6.45) is 2.88. The van der Waals surface area contributed by atoms with Crippen LogP contribution >= 0.6 is 0 Å². The first-order valence-electron chi connectivity index (χ1n) is 9.99. The summed E-state index contributed by atoms with van der Waals surface area (Å²) in [4.78, 5) is 19.0. The number of carbonyl (C=O) groups excluding carboxylic acids is 1. The molecule has 0 fully saturated rings. The highest BCUT2D eigenvalue weighted by molar-refractivity contribution is 5.97. The first-order chi connectivity index (χ1) is 13.1. The van der Waals surface area contributed by atoms with Crippen molar-refractivity contribution in [1.82, 2.24) is 9.88 Å². The van der Waals surface area contributed by atoms with E-state index in [0.717, 1.165) is 36.6 Å². The molecule has 2 aliphatic carbocycles. The molecule has 1 aromatic heterocycles. The second-order valence-electron chi connectivity index (χ2n) is 9.33. The number of rotatable bonds is 2. The summed E-state index contributed by atoms with van der Waals surface area (Å²) in [6.45, 7) is 8.84. The Hall–Kier alpha value is -2.30. The molecule has 0 spiro atoms. The zero-order chi connectivity index (χ0) is 20.4. The lowest BCUT2D eigenvalue weighted by molar-refractivity contribution is 0.0823. The van der Waals surface area contributed by atoms with Crippen molar-refractivity contribution < 1.29 is 13.9 Å². The maximum Gasteiger partial charge on any atom is 0.257 e. The number of amides is 1. The van der Waals surface area contributed by atoms with Gasteiger partial charge in [0.25, 0.3) is 5.91 Å². The van der Waals surface area contributed by atoms with Gasteiger partial charge in [0.05, 0.1) is 18.4 Å². The number of aryl methyl sites for hydroxylation is 2. The molecule has 150 valence electrons. The summed E-state index contributed by atoms with van der Waals surface area (Å²) in [7, 11) is 5.19. The minimum atomic E-state index is -0.0906. The van der Waals surface area contributed by atoms with Gasteiger partial charge in [-0.25, -0.2) is 4.98 Å². The lowest BCUT2D eigenvalue weighted by Crippen LogP contribution is -2.51. The van der Waals surface area contributed by atoms with E-state index in [1.807, 2.05) is 6.92 Å². The number of fused-ring (bicyclic) bond motifs is 4. The smallest absolute Gasteiger partial charge is 0.257 e. The molecule has 28 heavy (non-hydrogen) atoms. The van der Waals surface area contributed by atoms with Crippen molar-refractivity contribution in [3.63, 3.8) is 0 Å². The molecule has 1 amide bonds. The van der Waals surface area contributed by atoms with Crippen molar-refractivity contribution in [2.24, 2.45) is 5.92 Å². The Morgan fingerprint density at radius 3 is 2.64 bits per heavy atom. The fraction of sp³-hybridized carbons (Fsp3) is 0.565. The molecule has 0 N–H and O–H groups in total. The van der Waals surface area contributed by atoms with Crippen LogP contribution in [0.4, 0.5) is 0 Å². The molecule has 0 aliphatic heterocycles. The average Bonchev–Trinajstić information content (AvgIpc) is 3.00. The Balaban J connectivity index is 1.90. The van der Waals surface area contributed by atoms with Crippen LogP contribution in [0.2, 0.25) is 0 Å². The molecule has 0 saturated heterocycles. The number of aromatic nitrogens is 1.